The average Bonchev–Trinajstić information content (AvgIpc) is 3.03. The van der Waals surface area contributed by atoms with Crippen molar-refractivity contribution in [3.05, 3.63) is 5.89 Å². The van der Waals surface area contributed by atoms with Gasteiger partial charge in [-0.2, -0.15) is 11.8 Å². The lowest BCUT2D eigenvalue weighted by molar-refractivity contribution is 0.423. The van der Waals surface area contributed by atoms with Gasteiger partial charge >= 0.3 is 6.01 Å². The zero-order chi connectivity index (χ0) is 13.0. The van der Waals surface area contributed by atoms with Crippen molar-refractivity contribution in [2.45, 2.75) is 43.9 Å². The molecule has 0 aromatic carbocycles. The molecule has 0 radical (unpaired) electrons. The smallest absolute Gasteiger partial charge is 0.315 e. The summed E-state index contributed by atoms with van der Waals surface area (Å²) < 4.78 is 6.01. The molecule has 5 nitrogen and oxygen atoms in total. The molecule has 1 aliphatic carbocycles. The van der Waals surface area contributed by atoms with Crippen molar-refractivity contribution in [1.29, 1.82) is 0 Å². The van der Waals surface area contributed by atoms with Crippen molar-refractivity contribution in [3.63, 3.8) is 0 Å². The highest BCUT2D eigenvalue weighted by molar-refractivity contribution is 8.00. The van der Waals surface area contributed by atoms with E-state index in [1.54, 1.807) is 0 Å². The summed E-state index contributed by atoms with van der Waals surface area (Å²) in [6.45, 7) is 6.05. The van der Waals surface area contributed by atoms with E-state index in [0.717, 1.165) is 19.5 Å². The zero-order valence-corrected chi connectivity index (χ0v) is 12.1. The minimum absolute atomic E-state index is 0.114. The third-order valence-corrected chi connectivity index (χ3v) is 4.73. The molecular formula is C12H22N4OS. The van der Waals surface area contributed by atoms with Crippen LogP contribution in [0.15, 0.2) is 4.42 Å². The number of aromatic nitrogens is 2. The van der Waals surface area contributed by atoms with Gasteiger partial charge in [0.05, 0.1) is 6.04 Å². The monoisotopic (exact) mass is 270 g/mol. The summed E-state index contributed by atoms with van der Waals surface area (Å²) in [6.07, 6.45) is 5.80. The summed E-state index contributed by atoms with van der Waals surface area (Å²) in [7, 11) is 0. The highest BCUT2D eigenvalue weighted by atomic mass is 32.2. The summed E-state index contributed by atoms with van der Waals surface area (Å²) in [5, 5.41) is 14.7. The minimum atomic E-state index is 0.114. The van der Waals surface area contributed by atoms with E-state index < -0.39 is 0 Å². The summed E-state index contributed by atoms with van der Waals surface area (Å²) >= 11 is 1.92. The first-order chi connectivity index (χ1) is 8.69. The number of anilines is 1. The molecule has 1 heterocycles. The maximum absolute atomic E-state index is 5.61. The van der Waals surface area contributed by atoms with Crippen LogP contribution in [0.2, 0.25) is 0 Å². The molecule has 0 spiro atoms. The maximum Gasteiger partial charge on any atom is 0.315 e. The zero-order valence-electron chi connectivity index (χ0n) is 11.3. The highest BCUT2D eigenvalue weighted by Gasteiger charge is 2.41. The highest BCUT2D eigenvalue weighted by Crippen LogP contribution is 2.46. The number of hydrogen-bond acceptors (Lipinski definition) is 6. The van der Waals surface area contributed by atoms with Gasteiger partial charge < -0.3 is 15.1 Å². The predicted octanol–water partition coefficient (Wildman–Crippen LogP) is 2.44. The lowest BCUT2D eigenvalue weighted by atomic mass is 10.3. The number of rotatable bonds is 8. The summed E-state index contributed by atoms with van der Waals surface area (Å²) in [5.74, 6) is 0.653. The van der Waals surface area contributed by atoms with Crippen LogP contribution >= 0.6 is 11.8 Å². The third kappa shape index (κ3) is 3.38. The van der Waals surface area contributed by atoms with E-state index in [0.29, 0.717) is 16.7 Å². The largest absolute Gasteiger partial charge is 0.406 e. The van der Waals surface area contributed by atoms with Crippen LogP contribution in [-0.4, -0.2) is 34.3 Å². The Morgan fingerprint density at radius 1 is 1.44 bits per heavy atom. The van der Waals surface area contributed by atoms with Crippen LogP contribution in [-0.2, 0) is 0 Å². The fourth-order valence-electron chi connectivity index (χ4n) is 1.76. The van der Waals surface area contributed by atoms with E-state index in [1.807, 2.05) is 18.7 Å². The van der Waals surface area contributed by atoms with Gasteiger partial charge in [-0.15, -0.1) is 5.10 Å². The number of nitrogens with zero attached hydrogens (tertiary/aromatic N) is 2. The molecule has 6 heteroatoms. The lowest BCUT2D eigenvalue weighted by Gasteiger charge is -2.11. The van der Waals surface area contributed by atoms with Gasteiger partial charge in [0.25, 0.3) is 0 Å². The van der Waals surface area contributed by atoms with Gasteiger partial charge in [-0.05, 0) is 39.0 Å². The number of nitrogens with one attached hydrogen (secondary N) is 2. The molecule has 0 aliphatic heterocycles. The number of thioether (sulfide) groups is 1. The van der Waals surface area contributed by atoms with Gasteiger partial charge in [-0.1, -0.05) is 12.0 Å². The molecule has 18 heavy (non-hydrogen) atoms. The Morgan fingerprint density at radius 2 is 2.22 bits per heavy atom. The van der Waals surface area contributed by atoms with E-state index >= 15 is 0 Å². The van der Waals surface area contributed by atoms with Gasteiger partial charge in [0.15, 0.2) is 0 Å². The van der Waals surface area contributed by atoms with Crippen LogP contribution in [0.3, 0.4) is 0 Å². The second-order valence-electron chi connectivity index (χ2n) is 4.86. The second kappa shape index (κ2) is 5.93. The molecule has 0 amide bonds. The molecule has 1 aromatic rings. The molecule has 1 fully saturated rings. The normalized spacial score (nSPS) is 18.6. The first-order valence-corrected chi connectivity index (χ1v) is 7.77. The van der Waals surface area contributed by atoms with Crippen LogP contribution < -0.4 is 10.6 Å². The Morgan fingerprint density at radius 3 is 2.83 bits per heavy atom. The molecular weight excluding hydrogens is 248 g/mol. The van der Waals surface area contributed by atoms with Crippen LogP contribution in [0.4, 0.5) is 6.01 Å². The predicted molar refractivity (Wildman–Crippen MR) is 75.0 cm³/mol. The second-order valence-corrected chi connectivity index (χ2v) is 6.14. The van der Waals surface area contributed by atoms with E-state index in [4.69, 9.17) is 4.42 Å². The third-order valence-electron chi connectivity index (χ3n) is 3.31. The minimum Gasteiger partial charge on any atom is -0.406 e. The molecule has 2 N–H and O–H groups in total. The van der Waals surface area contributed by atoms with Crippen molar-refractivity contribution in [3.8, 4) is 0 Å². The van der Waals surface area contributed by atoms with Gasteiger partial charge in [0, 0.05) is 11.3 Å². The molecule has 0 saturated heterocycles. The standard InChI is InChI=1S/C12H22N4OS/c1-4-7-13-9(2)10-15-16-11(17-10)14-8-12(18-3)5-6-12/h9,13H,4-8H2,1-3H3,(H,14,16). The Bertz CT molecular complexity index is 378. The summed E-state index contributed by atoms with van der Waals surface area (Å²) in [5.41, 5.74) is 0. The Kier molecular flexibility index (Phi) is 4.50. The van der Waals surface area contributed by atoms with Crippen molar-refractivity contribution < 1.29 is 4.42 Å². The van der Waals surface area contributed by atoms with Gasteiger partial charge in [-0.3, -0.25) is 0 Å². The molecule has 1 atom stereocenters. The van der Waals surface area contributed by atoms with Crippen LogP contribution in [0.25, 0.3) is 0 Å². The molecule has 2 rings (SSSR count). The molecule has 102 valence electrons. The van der Waals surface area contributed by atoms with E-state index in [2.05, 4.69) is 34.0 Å². The molecule has 1 aliphatic rings. The fraction of sp³-hybridized carbons (Fsp3) is 0.833. The maximum atomic E-state index is 5.61. The van der Waals surface area contributed by atoms with Crippen LogP contribution in [0, 0.1) is 0 Å². The van der Waals surface area contributed by atoms with Gasteiger partial charge in [-0.25, -0.2) is 0 Å². The Labute approximate surface area is 112 Å². The van der Waals surface area contributed by atoms with Crippen LogP contribution in [0.1, 0.15) is 45.0 Å². The van der Waals surface area contributed by atoms with E-state index in [1.165, 1.54) is 12.8 Å². The summed E-state index contributed by atoms with van der Waals surface area (Å²) in [6, 6.07) is 0.652. The van der Waals surface area contributed by atoms with Gasteiger partial charge in [0.2, 0.25) is 5.89 Å². The first-order valence-electron chi connectivity index (χ1n) is 6.55. The van der Waals surface area contributed by atoms with Gasteiger partial charge in [0.1, 0.15) is 0 Å². The summed E-state index contributed by atoms with van der Waals surface area (Å²) in [4.78, 5) is 0. The quantitative estimate of drug-likeness (QED) is 0.756. The average molecular weight is 270 g/mol. The molecule has 1 saturated carbocycles. The number of hydrogen-bond donors (Lipinski definition) is 2. The van der Waals surface area contributed by atoms with Crippen molar-refractivity contribution in [2.75, 3.05) is 24.7 Å². The lowest BCUT2D eigenvalue weighted by Crippen LogP contribution is -2.19. The van der Waals surface area contributed by atoms with E-state index in [-0.39, 0.29) is 6.04 Å². The van der Waals surface area contributed by atoms with Crippen molar-refractivity contribution in [1.82, 2.24) is 15.5 Å². The SMILES string of the molecule is CCCNC(C)c1nnc(NCC2(SC)CC2)o1. The molecule has 1 aromatic heterocycles. The van der Waals surface area contributed by atoms with Crippen molar-refractivity contribution in [2.24, 2.45) is 0 Å². The first kappa shape index (κ1) is 13.7. The topological polar surface area (TPSA) is 63.0 Å². The van der Waals surface area contributed by atoms with Crippen molar-refractivity contribution >= 4 is 17.8 Å². The Balaban J connectivity index is 1.82. The molecule has 0 bridgehead atoms. The molecule has 1 unspecified atom stereocenters. The Hall–Kier alpha value is -0.750. The van der Waals surface area contributed by atoms with E-state index in [9.17, 15) is 0 Å². The van der Waals surface area contributed by atoms with Crippen LogP contribution in [0.5, 0.6) is 0 Å². The fourth-order valence-corrected chi connectivity index (χ4v) is 2.49.